The van der Waals surface area contributed by atoms with Gasteiger partial charge in [-0.25, -0.2) is 9.18 Å². The summed E-state index contributed by atoms with van der Waals surface area (Å²) in [6.45, 7) is 8.64. The minimum absolute atomic E-state index is 0. The number of carbonyl (C=O) groups is 2. The van der Waals surface area contributed by atoms with Crippen LogP contribution in [0.2, 0.25) is 0 Å². The SMILES string of the molecule is CCOC(=O)N[C@@H]1CC[C@H]2[C@H](C1)C[C@@H]1C(=O)O[C@H](C)[C@@]1(C)[C@H]2/C=C/C1=CC=C(c2cccc(F)c2)C(C)C1.[HH].[HH]. The van der Waals surface area contributed by atoms with Gasteiger partial charge in [-0.05, 0) is 98.5 Å². The van der Waals surface area contributed by atoms with E-state index in [-0.39, 0.29) is 56.0 Å². The van der Waals surface area contributed by atoms with Crippen LogP contribution in [0, 0.1) is 40.8 Å². The number of alkyl carbamates (subject to hydrolysis) is 1. The van der Waals surface area contributed by atoms with E-state index in [0.717, 1.165) is 43.2 Å². The normalized spacial score (nSPS) is 36.6. The van der Waals surface area contributed by atoms with Crippen LogP contribution >= 0.6 is 0 Å². The Bertz CT molecular complexity index is 1180. The van der Waals surface area contributed by atoms with E-state index in [1.54, 1.807) is 12.1 Å². The molecule has 6 heteroatoms. The Kier molecular flexibility index (Phi) is 7.52. The maximum absolute atomic E-state index is 13.8. The van der Waals surface area contributed by atoms with E-state index >= 15 is 0 Å². The third-order valence-electron chi connectivity index (χ3n) is 9.79. The van der Waals surface area contributed by atoms with Crippen LogP contribution in [0.25, 0.3) is 5.57 Å². The molecule has 1 unspecified atom stereocenters. The fraction of sp³-hybridized carbons (Fsp3) is 0.562. The summed E-state index contributed by atoms with van der Waals surface area (Å²) in [6, 6.07) is 6.89. The van der Waals surface area contributed by atoms with Gasteiger partial charge in [-0.1, -0.05) is 50.3 Å². The number of allylic oxidation sites excluding steroid dienone is 6. The van der Waals surface area contributed by atoms with Crippen molar-refractivity contribution in [3.63, 3.8) is 0 Å². The zero-order valence-corrected chi connectivity index (χ0v) is 22.9. The van der Waals surface area contributed by atoms with Crippen molar-refractivity contribution in [1.82, 2.24) is 5.32 Å². The molecule has 1 saturated heterocycles. The average molecular weight is 526 g/mol. The number of rotatable bonds is 5. The largest absolute Gasteiger partial charge is 0.462 e. The average Bonchev–Trinajstić information content (AvgIpc) is 3.09. The number of fused-ring (bicyclic) bond motifs is 2. The third-order valence-corrected chi connectivity index (χ3v) is 9.79. The summed E-state index contributed by atoms with van der Waals surface area (Å²) in [5.74, 6) is 0.850. The molecule has 3 fully saturated rings. The van der Waals surface area contributed by atoms with Crippen molar-refractivity contribution >= 4 is 17.6 Å². The van der Waals surface area contributed by atoms with Gasteiger partial charge in [0.15, 0.2) is 0 Å². The molecule has 5 rings (SSSR count). The van der Waals surface area contributed by atoms with Crippen molar-refractivity contribution in [3.05, 3.63) is 65.5 Å². The lowest BCUT2D eigenvalue weighted by molar-refractivity contribution is -0.144. The van der Waals surface area contributed by atoms with Crippen molar-refractivity contribution in [2.24, 2.45) is 35.0 Å². The number of hydrogen-bond acceptors (Lipinski definition) is 4. The van der Waals surface area contributed by atoms with Crippen molar-refractivity contribution in [3.8, 4) is 0 Å². The zero-order chi connectivity index (χ0) is 27.0. The molecule has 1 amide bonds. The molecule has 1 heterocycles. The lowest BCUT2D eigenvalue weighted by Crippen LogP contribution is -2.53. The van der Waals surface area contributed by atoms with Gasteiger partial charge in [0, 0.05) is 14.3 Å². The molecule has 1 aliphatic heterocycles. The highest BCUT2D eigenvalue weighted by Gasteiger charge is 2.62. The second-order valence-corrected chi connectivity index (χ2v) is 11.9. The monoisotopic (exact) mass is 525 g/mol. The predicted octanol–water partition coefficient (Wildman–Crippen LogP) is 7.34. The van der Waals surface area contributed by atoms with Crippen molar-refractivity contribution in [2.45, 2.75) is 71.9 Å². The van der Waals surface area contributed by atoms with Gasteiger partial charge in [0.1, 0.15) is 11.9 Å². The summed E-state index contributed by atoms with van der Waals surface area (Å²) in [4.78, 5) is 25.0. The molecular weight excluding hydrogens is 481 g/mol. The Labute approximate surface area is 228 Å². The molecule has 38 heavy (non-hydrogen) atoms. The fourth-order valence-electron chi connectivity index (χ4n) is 7.68. The highest BCUT2D eigenvalue weighted by atomic mass is 19.1. The van der Waals surface area contributed by atoms with Gasteiger partial charge in [-0.15, -0.1) is 0 Å². The molecule has 0 bridgehead atoms. The molecule has 0 radical (unpaired) electrons. The van der Waals surface area contributed by atoms with Gasteiger partial charge >= 0.3 is 12.1 Å². The molecule has 0 spiro atoms. The topological polar surface area (TPSA) is 64.6 Å². The highest BCUT2D eigenvalue weighted by Crippen LogP contribution is 2.60. The summed E-state index contributed by atoms with van der Waals surface area (Å²) in [7, 11) is 0. The molecule has 2 saturated carbocycles. The first-order valence-corrected chi connectivity index (χ1v) is 14.2. The maximum atomic E-state index is 13.8. The van der Waals surface area contributed by atoms with E-state index in [2.05, 4.69) is 43.5 Å². The number of carbonyl (C=O) groups excluding carboxylic acids is 2. The van der Waals surface area contributed by atoms with Gasteiger partial charge in [0.2, 0.25) is 0 Å². The van der Waals surface area contributed by atoms with Crippen LogP contribution in [0.3, 0.4) is 0 Å². The number of esters is 1. The number of benzene rings is 1. The third kappa shape index (κ3) is 4.94. The van der Waals surface area contributed by atoms with E-state index in [4.69, 9.17) is 9.47 Å². The van der Waals surface area contributed by atoms with Crippen molar-refractivity contribution in [1.29, 1.82) is 0 Å². The maximum Gasteiger partial charge on any atom is 0.407 e. The Morgan fingerprint density at radius 1 is 1.26 bits per heavy atom. The number of halogens is 1. The summed E-state index contributed by atoms with van der Waals surface area (Å²) >= 11 is 0. The summed E-state index contributed by atoms with van der Waals surface area (Å²) in [6.07, 6.45) is 12.9. The smallest absolute Gasteiger partial charge is 0.407 e. The highest BCUT2D eigenvalue weighted by molar-refractivity contribution is 5.77. The first-order valence-electron chi connectivity index (χ1n) is 14.2. The molecule has 0 aromatic heterocycles. The lowest BCUT2D eigenvalue weighted by atomic mass is 9.50. The Morgan fingerprint density at radius 2 is 2.08 bits per heavy atom. The standard InChI is InChI=1S/C32H40FNO4.2H2/c1-5-37-31(36)34-25-11-13-27-23(17-25)18-29-30(35)38-20(3)32(29,4)28(27)14-10-21-9-12-26(19(2)15-21)22-7-6-8-24(33)16-22;;/h6-10,12,14,16,19-20,23,25,27-29H,5,11,13,15,17-18H2,1-4H3,(H,34,36);2*1H/b14-10+;;/t19?,20-,23-,25-,27+,28+,29-,32+;;/m1../s1. The summed E-state index contributed by atoms with van der Waals surface area (Å²) < 4.78 is 24.7. The van der Waals surface area contributed by atoms with E-state index in [1.807, 2.05) is 19.9 Å². The predicted molar refractivity (Wildman–Crippen MR) is 150 cm³/mol. The Morgan fingerprint density at radius 3 is 2.82 bits per heavy atom. The van der Waals surface area contributed by atoms with Crippen LogP contribution < -0.4 is 5.32 Å². The number of nitrogens with one attached hydrogen (secondary N) is 1. The second-order valence-electron chi connectivity index (χ2n) is 11.9. The number of cyclic esters (lactones) is 1. The van der Waals surface area contributed by atoms with Gasteiger partial charge in [-0.2, -0.15) is 0 Å². The zero-order valence-electron chi connectivity index (χ0n) is 22.9. The van der Waals surface area contributed by atoms with Crippen LogP contribution in [0.1, 0.15) is 68.2 Å². The van der Waals surface area contributed by atoms with Gasteiger partial charge in [-0.3, -0.25) is 4.79 Å². The van der Waals surface area contributed by atoms with Crippen molar-refractivity contribution < 1.29 is 26.3 Å². The van der Waals surface area contributed by atoms with E-state index in [9.17, 15) is 14.0 Å². The first kappa shape index (κ1) is 26.7. The molecule has 208 valence electrons. The molecule has 1 N–H and O–H groups in total. The number of hydrogen-bond donors (Lipinski definition) is 1. The Hall–Kier alpha value is -2.89. The first-order chi connectivity index (χ1) is 18.2. The molecule has 5 nitrogen and oxygen atoms in total. The van der Waals surface area contributed by atoms with Crippen LogP contribution in [-0.2, 0) is 14.3 Å². The second kappa shape index (κ2) is 10.7. The van der Waals surface area contributed by atoms with Gasteiger partial charge in [0.25, 0.3) is 0 Å². The van der Waals surface area contributed by atoms with Crippen LogP contribution in [0.15, 0.2) is 54.1 Å². The van der Waals surface area contributed by atoms with Gasteiger partial charge < -0.3 is 14.8 Å². The van der Waals surface area contributed by atoms with Crippen LogP contribution in [-0.4, -0.2) is 30.8 Å². The molecule has 8 atom stereocenters. The summed E-state index contributed by atoms with van der Waals surface area (Å²) in [5.41, 5.74) is 3.09. The minimum atomic E-state index is -0.356. The molecule has 4 aliphatic rings. The molecule has 1 aromatic rings. The van der Waals surface area contributed by atoms with E-state index in [0.29, 0.717) is 18.4 Å². The summed E-state index contributed by atoms with van der Waals surface area (Å²) in [5, 5.41) is 3.03. The fourth-order valence-corrected chi connectivity index (χ4v) is 7.68. The lowest BCUT2D eigenvalue weighted by Gasteiger charge is -2.52. The quantitative estimate of drug-likeness (QED) is 0.409. The van der Waals surface area contributed by atoms with Crippen LogP contribution in [0.4, 0.5) is 9.18 Å². The van der Waals surface area contributed by atoms with Crippen LogP contribution in [0.5, 0.6) is 0 Å². The molecular formula is C32H44FNO4. The molecule has 3 aliphatic carbocycles. The minimum Gasteiger partial charge on any atom is -0.462 e. The van der Waals surface area contributed by atoms with Gasteiger partial charge in [0.05, 0.1) is 12.5 Å². The van der Waals surface area contributed by atoms with E-state index < -0.39 is 0 Å². The van der Waals surface area contributed by atoms with E-state index in [1.165, 1.54) is 11.6 Å². The number of amides is 1. The number of ether oxygens (including phenoxy) is 2. The molecule has 1 aromatic carbocycles. The Balaban J connectivity index is 0.00000220. The van der Waals surface area contributed by atoms with Crippen molar-refractivity contribution in [2.75, 3.05) is 6.61 Å².